The molecule has 3 rings (SSSR count). The summed E-state index contributed by atoms with van der Waals surface area (Å²) < 4.78 is 11.1. The first-order chi connectivity index (χ1) is 17.6. The highest BCUT2D eigenvalue weighted by Crippen LogP contribution is 2.37. The van der Waals surface area contributed by atoms with Crippen molar-refractivity contribution in [1.82, 2.24) is 0 Å². The molecule has 0 saturated carbocycles. The third-order valence-corrected chi connectivity index (χ3v) is 5.85. The normalized spacial score (nSPS) is 10.9. The molecule has 190 valence electrons. The topological polar surface area (TPSA) is 100 Å². The number of methoxy groups -OCH3 is 1. The van der Waals surface area contributed by atoms with E-state index < -0.39 is 5.91 Å². The molecule has 0 heterocycles. The number of carbonyl (C=O) groups excluding carboxylic acids is 2. The lowest BCUT2D eigenvalue weighted by Crippen LogP contribution is -2.21. The van der Waals surface area contributed by atoms with Crippen molar-refractivity contribution in [3.8, 4) is 17.6 Å². The molecule has 0 aromatic heterocycles. The van der Waals surface area contributed by atoms with Gasteiger partial charge in [-0.25, -0.2) is 0 Å². The second-order valence-corrected chi connectivity index (χ2v) is 9.04. The van der Waals surface area contributed by atoms with Gasteiger partial charge >= 0.3 is 0 Å². The lowest BCUT2D eigenvalue weighted by atomic mass is 10.1. The Hall–Kier alpha value is -4.28. The fraction of sp³-hybridized carbons (Fsp3) is 0.207. The highest BCUT2D eigenvalue weighted by molar-refractivity contribution is 6.32. The minimum atomic E-state index is -0.548. The first-order valence-corrected chi connectivity index (χ1v) is 11.9. The molecule has 0 atom stereocenters. The van der Waals surface area contributed by atoms with E-state index in [1.54, 1.807) is 12.1 Å². The lowest BCUT2D eigenvalue weighted by Gasteiger charge is -2.14. The van der Waals surface area contributed by atoms with Gasteiger partial charge in [-0.15, -0.1) is 0 Å². The van der Waals surface area contributed by atoms with Gasteiger partial charge in [-0.2, -0.15) is 5.26 Å². The van der Waals surface area contributed by atoms with E-state index in [4.69, 9.17) is 21.1 Å². The van der Waals surface area contributed by atoms with Crippen molar-refractivity contribution < 1.29 is 19.1 Å². The maximum Gasteiger partial charge on any atom is 0.266 e. The molecule has 0 saturated heterocycles. The van der Waals surface area contributed by atoms with Crippen molar-refractivity contribution in [3.05, 3.63) is 86.9 Å². The van der Waals surface area contributed by atoms with Gasteiger partial charge in [-0.05, 0) is 80.3 Å². The molecular weight excluding hydrogens is 490 g/mol. The molecule has 3 aromatic rings. The van der Waals surface area contributed by atoms with Gasteiger partial charge in [-0.1, -0.05) is 41.4 Å². The van der Waals surface area contributed by atoms with Crippen molar-refractivity contribution in [3.63, 3.8) is 0 Å². The van der Waals surface area contributed by atoms with Gasteiger partial charge in [0.05, 0.1) is 12.1 Å². The average Bonchev–Trinajstić information content (AvgIpc) is 2.85. The van der Waals surface area contributed by atoms with Crippen molar-refractivity contribution >= 4 is 40.9 Å². The molecule has 0 aliphatic heterocycles. The summed E-state index contributed by atoms with van der Waals surface area (Å²) in [7, 11) is 1.43. The summed E-state index contributed by atoms with van der Waals surface area (Å²) in [5.41, 5.74) is 5.58. The maximum atomic E-state index is 12.7. The Morgan fingerprint density at radius 1 is 0.946 bits per heavy atom. The molecule has 0 unspecified atom stereocenters. The van der Waals surface area contributed by atoms with Gasteiger partial charge in [0.25, 0.3) is 11.8 Å². The number of rotatable bonds is 8. The molecule has 0 fully saturated rings. The van der Waals surface area contributed by atoms with Crippen molar-refractivity contribution in [2.45, 2.75) is 27.7 Å². The predicted octanol–water partition coefficient (Wildman–Crippen LogP) is 6.15. The number of halogens is 1. The zero-order valence-electron chi connectivity index (χ0n) is 21.4. The Labute approximate surface area is 221 Å². The number of hydrogen-bond donors (Lipinski definition) is 2. The van der Waals surface area contributed by atoms with Crippen LogP contribution in [0.4, 0.5) is 11.4 Å². The second-order valence-electron chi connectivity index (χ2n) is 8.63. The first-order valence-electron chi connectivity index (χ1n) is 11.5. The molecular formula is C29H28ClN3O4. The molecule has 2 N–H and O–H groups in total. The largest absolute Gasteiger partial charge is 0.493 e. The van der Waals surface area contributed by atoms with Gasteiger partial charge in [0, 0.05) is 11.4 Å². The van der Waals surface area contributed by atoms with E-state index in [0.29, 0.717) is 16.9 Å². The number of anilines is 2. The zero-order valence-corrected chi connectivity index (χ0v) is 22.1. The number of nitriles is 1. The van der Waals surface area contributed by atoms with Crippen LogP contribution in [0.1, 0.15) is 27.8 Å². The van der Waals surface area contributed by atoms with Gasteiger partial charge in [0.15, 0.2) is 18.1 Å². The third kappa shape index (κ3) is 7.12. The number of carbonyl (C=O) groups is 2. The van der Waals surface area contributed by atoms with Crippen LogP contribution in [0, 0.1) is 39.0 Å². The Bertz CT molecular complexity index is 1420. The summed E-state index contributed by atoms with van der Waals surface area (Å²) in [6.07, 6.45) is 1.41. The highest BCUT2D eigenvalue weighted by Gasteiger charge is 2.16. The summed E-state index contributed by atoms with van der Waals surface area (Å²) in [6, 6.07) is 16.4. The highest BCUT2D eigenvalue weighted by atomic mass is 35.5. The van der Waals surface area contributed by atoms with E-state index in [9.17, 15) is 14.9 Å². The van der Waals surface area contributed by atoms with Crippen LogP contribution in [0.2, 0.25) is 5.02 Å². The van der Waals surface area contributed by atoms with Crippen LogP contribution in [0.25, 0.3) is 6.08 Å². The SMILES string of the molecule is COc1cc(/C=C(\C#N)C(=O)Nc2ccc(C)cc2C)cc(Cl)c1OCC(=O)Nc1cc(C)ccc1C. The molecule has 0 radical (unpaired) electrons. The van der Waals surface area contributed by atoms with E-state index in [1.165, 1.54) is 19.3 Å². The predicted molar refractivity (Wildman–Crippen MR) is 146 cm³/mol. The number of nitrogens with one attached hydrogen (secondary N) is 2. The van der Waals surface area contributed by atoms with Crippen molar-refractivity contribution in [1.29, 1.82) is 5.26 Å². The molecule has 0 aliphatic rings. The summed E-state index contributed by atoms with van der Waals surface area (Å²) in [6.45, 7) is 7.39. The first kappa shape index (κ1) is 27.3. The number of nitrogens with zero attached hydrogens (tertiary/aromatic N) is 1. The summed E-state index contributed by atoms with van der Waals surface area (Å²) >= 11 is 6.43. The standard InChI is InChI=1S/C29H28ClN3O4/c1-17-7-9-24(20(4)10-17)33-29(35)22(15-31)12-21-13-23(30)28(26(14-21)36-5)37-16-27(34)32-25-11-18(2)6-8-19(25)3/h6-14H,16H2,1-5H3,(H,32,34)(H,33,35)/b22-12+. The maximum absolute atomic E-state index is 12.7. The van der Waals surface area contributed by atoms with Crippen LogP contribution in [0.5, 0.6) is 11.5 Å². The Kier molecular flexibility index (Phi) is 8.94. The summed E-state index contributed by atoms with van der Waals surface area (Å²) in [4.78, 5) is 25.2. The fourth-order valence-corrected chi connectivity index (χ4v) is 3.89. The van der Waals surface area contributed by atoms with E-state index in [0.717, 1.165) is 22.3 Å². The van der Waals surface area contributed by atoms with Crippen LogP contribution in [-0.4, -0.2) is 25.5 Å². The number of hydrogen-bond acceptors (Lipinski definition) is 5. The molecule has 7 nitrogen and oxygen atoms in total. The van der Waals surface area contributed by atoms with Crippen LogP contribution < -0.4 is 20.1 Å². The minimum absolute atomic E-state index is 0.111. The summed E-state index contributed by atoms with van der Waals surface area (Å²) in [5, 5.41) is 15.3. The number of ether oxygens (including phenoxy) is 2. The van der Waals surface area contributed by atoms with Crippen LogP contribution >= 0.6 is 11.6 Å². The molecule has 0 bridgehead atoms. The van der Waals surface area contributed by atoms with Crippen LogP contribution in [0.15, 0.2) is 54.1 Å². The van der Waals surface area contributed by atoms with Crippen LogP contribution in [0.3, 0.4) is 0 Å². The van der Waals surface area contributed by atoms with Crippen molar-refractivity contribution in [2.75, 3.05) is 24.4 Å². The van der Waals surface area contributed by atoms with E-state index in [2.05, 4.69) is 10.6 Å². The van der Waals surface area contributed by atoms with E-state index >= 15 is 0 Å². The Morgan fingerprint density at radius 3 is 2.32 bits per heavy atom. The molecule has 2 amide bonds. The molecule has 0 spiro atoms. The van der Waals surface area contributed by atoms with Gasteiger partial charge < -0.3 is 20.1 Å². The molecule has 0 aliphatic carbocycles. The monoisotopic (exact) mass is 517 g/mol. The van der Waals surface area contributed by atoms with E-state index in [1.807, 2.05) is 64.1 Å². The second kappa shape index (κ2) is 12.1. The van der Waals surface area contributed by atoms with E-state index in [-0.39, 0.29) is 34.6 Å². The third-order valence-electron chi connectivity index (χ3n) is 5.57. The van der Waals surface area contributed by atoms with Crippen molar-refractivity contribution in [2.24, 2.45) is 0 Å². The Morgan fingerprint density at radius 2 is 1.65 bits per heavy atom. The average molecular weight is 518 g/mol. The zero-order chi connectivity index (χ0) is 27.1. The lowest BCUT2D eigenvalue weighted by molar-refractivity contribution is -0.118. The minimum Gasteiger partial charge on any atom is -0.493 e. The van der Waals surface area contributed by atoms with Gasteiger partial charge in [0.1, 0.15) is 11.6 Å². The smallest absolute Gasteiger partial charge is 0.266 e. The van der Waals surface area contributed by atoms with Gasteiger partial charge in [0.2, 0.25) is 0 Å². The fourth-order valence-electron chi connectivity index (χ4n) is 3.62. The Balaban J connectivity index is 1.76. The van der Waals surface area contributed by atoms with Gasteiger partial charge in [-0.3, -0.25) is 9.59 Å². The molecule has 8 heteroatoms. The molecule has 37 heavy (non-hydrogen) atoms. The molecule has 3 aromatic carbocycles. The number of benzene rings is 3. The van der Waals surface area contributed by atoms with Crippen LogP contribution in [-0.2, 0) is 9.59 Å². The quantitative estimate of drug-likeness (QED) is 0.276. The number of amides is 2. The summed E-state index contributed by atoms with van der Waals surface area (Å²) in [5.74, 6) is -0.473. The number of aryl methyl sites for hydroxylation is 4.